The van der Waals surface area contributed by atoms with Gasteiger partial charge >= 0.3 is 0 Å². The maximum atomic E-state index is 4.89. The van der Waals surface area contributed by atoms with Gasteiger partial charge < -0.3 is 0 Å². The lowest BCUT2D eigenvalue weighted by Gasteiger charge is -2.13. The number of hydrogen-bond donors (Lipinski definition) is 1. The summed E-state index contributed by atoms with van der Waals surface area (Å²) in [6.07, 6.45) is 11.9. The molecule has 1 saturated carbocycles. The van der Waals surface area contributed by atoms with Crippen LogP contribution in [0.15, 0.2) is 22.6 Å². The number of thiol groups is 1. The van der Waals surface area contributed by atoms with Crippen molar-refractivity contribution in [1.82, 2.24) is 0 Å². The number of fused-ring (bicyclic) bond motifs is 1. The molecule has 1 atom stereocenters. The van der Waals surface area contributed by atoms with Gasteiger partial charge in [0.25, 0.3) is 0 Å². The predicted molar refractivity (Wildman–Crippen MR) is 91.3 cm³/mol. The van der Waals surface area contributed by atoms with Crippen LogP contribution >= 0.6 is 12.6 Å². The fourth-order valence-corrected chi connectivity index (χ4v) is 3.79. The lowest BCUT2D eigenvalue weighted by Crippen LogP contribution is -1.94. The molecule has 0 heterocycles. The van der Waals surface area contributed by atoms with Crippen molar-refractivity contribution >= 4 is 24.8 Å². The van der Waals surface area contributed by atoms with E-state index < -0.39 is 0 Å². The van der Waals surface area contributed by atoms with E-state index in [4.69, 9.17) is 12.6 Å². The molecule has 1 heteroatoms. The molecule has 106 valence electrons. The third-order valence-electron chi connectivity index (χ3n) is 4.63. The zero-order valence-electron chi connectivity index (χ0n) is 12.7. The molecule has 0 bridgehead atoms. The highest BCUT2D eigenvalue weighted by Gasteiger charge is 2.25. The third kappa shape index (κ3) is 2.61. The van der Waals surface area contributed by atoms with E-state index in [1.54, 1.807) is 0 Å². The monoisotopic (exact) mass is 284 g/mol. The Hall–Kier alpha value is -0.950. The molecule has 2 aliphatic rings. The van der Waals surface area contributed by atoms with Gasteiger partial charge in [0, 0.05) is 4.90 Å². The van der Waals surface area contributed by atoms with Crippen LogP contribution in [0.4, 0.5) is 0 Å². The number of benzene rings is 1. The predicted octanol–water partition coefficient (Wildman–Crippen LogP) is 5.56. The minimum absolute atomic E-state index is 0.762. The quantitative estimate of drug-likeness (QED) is 0.691. The molecule has 0 radical (unpaired) electrons. The van der Waals surface area contributed by atoms with Crippen LogP contribution in [0.2, 0.25) is 0 Å². The summed E-state index contributed by atoms with van der Waals surface area (Å²) in [5.74, 6) is 1.59. The average molecular weight is 284 g/mol. The van der Waals surface area contributed by atoms with E-state index >= 15 is 0 Å². The smallest absolute Gasteiger partial charge is 0.0154 e. The van der Waals surface area contributed by atoms with E-state index in [0.29, 0.717) is 0 Å². The van der Waals surface area contributed by atoms with Crippen LogP contribution in [0.25, 0.3) is 12.2 Å². The van der Waals surface area contributed by atoms with Gasteiger partial charge in [-0.25, -0.2) is 0 Å². The van der Waals surface area contributed by atoms with Crippen molar-refractivity contribution < 1.29 is 0 Å². The Bertz CT molecular complexity index is 588. The van der Waals surface area contributed by atoms with Crippen LogP contribution in [0.5, 0.6) is 0 Å². The van der Waals surface area contributed by atoms with Gasteiger partial charge in [-0.2, -0.15) is 0 Å². The summed E-state index contributed by atoms with van der Waals surface area (Å²) in [6, 6.07) is 2.39. The zero-order chi connectivity index (χ0) is 14.3. The van der Waals surface area contributed by atoms with Crippen LogP contribution in [0.3, 0.4) is 0 Å². The van der Waals surface area contributed by atoms with Gasteiger partial charge in [0.15, 0.2) is 0 Å². The molecule has 1 aromatic carbocycles. The number of hydrogen-bond acceptors (Lipinski definition) is 1. The van der Waals surface area contributed by atoms with E-state index in [1.807, 2.05) is 0 Å². The molecule has 0 amide bonds. The molecule has 1 unspecified atom stereocenters. The Labute approximate surface area is 128 Å². The maximum Gasteiger partial charge on any atom is 0.0154 e. The molecule has 0 aliphatic heterocycles. The Morgan fingerprint density at radius 1 is 1.30 bits per heavy atom. The molecule has 0 nitrogen and oxygen atoms in total. The summed E-state index contributed by atoms with van der Waals surface area (Å²) in [6.45, 7) is 6.71. The van der Waals surface area contributed by atoms with E-state index in [-0.39, 0.29) is 0 Å². The van der Waals surface area contributed by atoms with Gasteiger partial charge in [-0.1, -0.05) is 36.8 Å². The molecule has 0 spiro atoms. The average Bonchev–Trinajstić information content (AvgIpc) is 3.18. The first-order chi connectivity index (χ1) is 9.60. The van der Waals surface area contributed by atoms with Crippen LogP contribution in [-0.4, -0.2) is 0 Å². The molecular weight excluding hydrogens is 260 g/mol. The summed E-state index contributed by atoms with van der Waals surface area (Å²) >= 11 is 4.89. The van der Waals surface area contributed by atoms with Crippen molar-refractivity contribution in [3.8, 4) is 0 Å². The molecule has 1 aromatic rings. The van der Waals surface area contributed by atoms with E-state index in [0.717, 1.165) is 11.8 Å². The molecule has 0 saturated heterocycles. The molecular formula is C19H24S. The highest BCUT2D eigenvalue weighted by Crippen LogP contribution is 2.40. The van der Waals surface area contributed by atoms with Gasteiger partial charge in [0.05, 0.1) is 0 Å². The lowest BCUT2D eigenvalue weighted by atomic mass is 9.97. The van der Waals surface area contributed by atoms with Gasteiger partial charge in [0.1, 0.15) is 0 Å². The fourth-order valence-electron chi connectivity index (χ4n) is 3.36. The second-order valence-electron chi connectivity index (χ2n) is 6.54. The van der Waals surface area contributed by atoms with Crippen molar-refractivity contribution in [1.29, 1.82) is 0 Å². The zero-order valence-corrected chi connectivity index (χ0v) is 13.6. The fraction of sp³-hybridized carbons (Fsp3) is 0.474. The summed E-state index contributed by atoms with van der Waals surface area (Å²) in [5.41, 5.74) is 7.20. The molecule has 2 aliphatic carbocycles. The van der Waals surface area contributed by atoms with Crippen molar-refractivity contribution in [2.24, 2.45) is 11.8 Å². The standard InChI is InChI=1S/C19H24S/c1-4-5-15-11-16-8-12(2)9-17(16)19(20)18(15)10-13(3)14-6-7-14/h4-5,10-12,14,20H,6-9H2,1-3H3/b5-4-,13-10+. The molecule has 20 heavy (non-hydrogen) atoms. The molecule has 1 fully saturated rings. The van der Waals surface area contributed by atoms with Gasteiger partial charge in [-0.15, -0.1) is 12.6 Å². The van der Waals surface area contributed by atoms with Crippen LogP contribution in [0, 0.1) is 11.8 Å². The summed E-state index contributed by atoms with van der Waals surface area (Å²) in [5, 5.41) is 0. The van der Waals surface area contributed by atoms with Crippen LogP contribution in [0.1, 0.15) is 55.9 Å². The van der Waals surface area contributed by atoms with E-state index in [1.165, 1.54) is 58.4 Å². The largest absolute Gasteiger partial charge is 0.142 e. The van der Waals surface area contributed by atoms with Crippen LogP contribution in [-0.2, 0) is 12.8 Å². The summed E-state index contributed by atoms with van der Waals surface area (Å²) in [7, 11) is 0. The first kappa shape index (κ1) is 14.0. The van der Waals surface area contributed by atoms with Crippen molar-refractivity contribution in [2.45, 2.75) is 51.3 Å². The maximum absolute atomic E-state index is 4.89. The highest BCUT2D eigenvalue weighted by atomic mass is 32.1. The Kier molecular flexibility index (Phi) is 3.81. The first-order valence-corrected chi connectivity index (χ1v) is 8.23. The SMILES string of the molecule is C/C=C\c1cc2c(c(S)c1/C=C(\C)C1CC1)CC(C)C2. The lowest BCUT2D eigenvalue weighted by molar-refractivity contribution is 0.625. The second kappa shape index (κ2) is 5.44. The molecule has 0 aromatic heterocycles. The van der Waals surface area contributed by atoms with Crippen molar-refractivity contribution in [3.05, 3.63) is 40.0 Å². The summed E-state index contributed by atoms with van der Waals surface area (Å²) in [4.78, 5) is 1.22. The first-order valence-electron chi connectivity index (χ1n) is 7.78. The third-order valence-corrected chi connectivity index (χ3v) is 5.14. The highest BCUT2D eigenvalue weighted by molar-refractivity contribution is 7.80. The normalized spacial score (nSPS) is 22.6. The number of allylic oxidation sites excluding steroid dienone is 2. The van der Waals surface area contributed by atoms with Crippen molar-refractivity contribution in [3.63, 3.8) is 0 Å². The van der Waals surface area contributed by atoms with Crippen LogP contribution < -0.4 is 0 Å². The Morgan fingerprint density at radius 3 is 2.70 bits per heavy atom. The van der Waals surface area contributed by atoms with E-state index in [2.05, 4.69) is 45.1 Å². The van der Waals surface area contributed by atoms with E-state index in [9.17, 15) is 0 Å². The minimum Gasteiger partial charge on any atom is -0.142 e. The molecule has 0 N–H and O–H groups in total. The minimum atomic E-state index is 0.762. The van der Waals surface area contributed by atoms with Crippen molar-refractivity contribution in [2.75, 3.05) is 0 Å². The summed E-state index contributed by atoms with van der Waals surface area (Å²) < 4.78 is 0. The van der Waals surface area contributed by atoms with Gasteiger partial charge in [-0.05, 0) is 73.6 Å². The Morgan fingerprint density at radius 2 is 2.05 bits per heavy atom. The number of rotatable bonds is 3. The van der Waals surface area contributed by atoms with Gasteiger partial charge in [-0.3, -0.25) is 0 Å². The molecule has 3 rings (SSSR count). The second-order valence-corrected chi connectivity index (χ2v) is 6.99. The Balaban J connectivity index is 2.11. The van der Waals surface area contributed by atoms with Gasteiger partial charge in [0.2, 0.25) is 0 Å². The topological polar surface area (TPSA) is 0 Å².